The number of benzene rings is 1. The first-order valence-electron chi connectivity index (χ1n) is 10.1. The quantitative estimate of drug-likeness (QED) is 0.762. The lowest BCUT2D eigenvalue weighted by Gasteiger charge is -2.34. The average molecular weight is 458 g/mol. The Hall–Kier alpha value is -2.35. The van der Waals surface area contributed by atoms with Crippen molar-refractivity contribution in [3.05, 3.63) is 46.2 Å². The summed E-state index contributed by atoms with van der Waals surface area (Å²) in [6, 6.07) is 5.96. The molecule has 0 bridgehead atoms. The fourth-order valence-corrected chi connectivity index (χ4v) is 5.03. The molecule has 1 spiro atoms. The molecule has 1 aliphatic carbocycles. The number of anilines is 1. The van der Waals surface area contributed by atoms with Gasteiger partial charge >= 0.3 is 0 Å². The number of fused-ring (bicyclic) bond motifs is 2. The van der Waals surface area contributed by atoms with Crippen LogP contribution in [0.1, 0.15) is 35.2 Å². The molecule has 8 heteroatoms. The van der Waals surface area contributed by atoms with Gasteiger partial charge in [-0.3, -0.25) is 14.3 Å². The topological polar surface area (TPSA) is 70.5 Å². The van der Waals surface area contributed by atoms with Crippen molar-refractivity contribution in [3.63, 3.8) is 0 Å². The van der Waals surface area contributed by atoms with Crippen molar-refractivity contribution in [2.45, 2.75) is 30.7 Å². The summed E-state index contributed by atoms with van der Waals surface area (Å²) in [4.78, 5) is 29.6. The first kappa shape index (κ1) is 18.7. The zero-order chi connectivity index (χ0) is 20.2. The van der Waals surface area contributed by atoms with Crippen LogP contribution in [0.4, 0.5) is 5.69 Å². The van der Waals surface area contributed by atoms with E-state index in [1.54, 1.807) is 9.58 Å². The maximum atomic E-state index is 13.0. The molecule has 1 saturated carbocycles. The highest BCUT2D eigenvalue weighted by Crippen LogP contribution is 2.52. The van der Waals surface area contributed by atoms with Gasteiger partial charge in [0.05, 0.1) is 18.4 Å². The Morgan fingerprint density at radius 2 is 2.21 bits per heavy atom. The molecule has 0 radical (unpaired) electrons. The predicted octanol–water partition coefficient (Wildman–Crippen LogP) is 2.07. The third-order valence-electron chi connectivity index (χ3n) is 6.36. The zero-order valence-electron chi connectivity index (χ0n) is 16.4. The van der Waals surface area contributed by atoms with E-state index in [1.165, 1.54) is 0 Å². The molecule has 2 aliphatic heterocycles. The molecule has 1 N–H and O–H groups in total. The number of hydrogen-bond donors (Lipinski definition) is 1. The Balaban J connectivity index is 1.23. The van der Waals surface area contributed by atoms with Gasteiger partial charge in [0.1, 0.15) is 0 Å². The third kappa shape index (κ3) is 3.43. The van der Waals surface area contributed by atoms with E-state index >= 15 is 0 Å². The minimum Gasteiger partial charge on any atom is -0.367 e. The van der Waals surface area contributed by atoms with E-state index in [1.807, 2.05) is 31.6 Å². The van der Waals surface area contributed by atoms with Gasteiger partial charge in [0, 0.05) is 54.4 Å². The highest BCUT2D eigenvalue weighted by Gasteiger charge is 2.51. The molecule has 2 amide bonds. The molecular weight excluding hydrogens is 434 g/mol. The number of carbonyl (C=O) groups excluding carboxylic acids is 2. The zero-order valence-corrected chi connectivity index (χ0v) is 18.0. The monoisotopic (exact) mass is 457 g/mol. The van der Waals surface area contributed by atoms with Crippen molar-refractivity contribution >= 4 is 33.4 Å². The van der Waals surface area contributed by atoms with Crippen LogP contribution < -0.4 is 10.2 Å². The fourth-order valence-electron chi connectivity index (χ4n) is 4.67. The van der Waals surface area contributed by atoms with Crippen molar-refractivity contribution < 1.29 is 9.59 Å². The van der Waals surface area contributed by atoms with Crippen LogP contribution in [-0.4, -0.2) is 58.7 Å². The molecule has 1 aromatic carbocycles. The number of aromatic nitrogens is 2. The van der Waals surface area contributed by atoms with Gasteiger partial charge in [0.2, 0.25) is 5.91 Å². The van der Waals surface area contributed by atoms with Crippen molar-refractivity contribution in [2.75, 3.05) is 31.1 Å². The fraction of sp³-hybridized carbons (Fsp3) is 0.476. The molecule has 1 saturated heterocycles. The summed E-state index contributed by atoms with van der Waals surface area (Å²) >= 11 is 3.52. The van der Waals surface area contributed by atoms with E-state index in [0.29, 0.717) is 6.54 Å². The van der Waals surface area contributed by atoms with E-state index < -0.39 is 0 Å². The van der Waals surface area contributed by atoms with Crippen LogP contribution in [0, 0.1) is 0 Å². The second-order valence-electron chi connectivity index (χ2n) is 8.50. The molecule has 1 aromatic heterocycles. The lowest BCUT2D eigenvalue weighted by Crippen LogP contribution is -2.49. The lowest BCUT2D eigenvalue weighted by atomic mass is 9.86. The van der Waals surface area contributed by atoms with Crippen molar-refractivity contribution in [2.24, 2.45) is 7.05 Å². The number of nitrogens with one attached hydrogen (secondary N) is 1. The minimum atomic E-state index is -0.0762. The van der Waals surface area contributed by atoms with Crippen LogP contribution in [0.25, 0.3) is 0 Å². The molecular formula is C21H24BrN5O2. The molecule has 3 heterocycles. The molecule has 152 valence electrons. The number of rotatable bonds is 4. The normalized spacial score (nSPS) is 22.1. The Bertz CT molecular complexity index is 983. The molecule has 1 atom stereocenters. The van der Waals surface area contributed by atoms with Crippen LogP contribution in [0.5, 0.6) is 0 Å². The van der Waals surface area contributed by atoms with Gasteiger partial charge in [0.25, 0.3) is 5.91 Å². The van der Waals surface area contributed by atoms with E-state index in [4.69, 9.17) is 0 Å². The second kappa shape index (κ2) is 6.86. The first-order valence-corrected chi connectivity index (χ1v) is 10.9. The molecule has 5 rings (SSSR count). The summed E-state index contributed by atoms with van der Waals surface area (Å²) in [5.41, 5.74) is 3.00. The van der Waals surface area contributed by atoms with Gasteiger partial charge in [-0.15, -0.1) is 0 Å². The Labute approximate surface area is 178 Å². The molecule has 7 nitrogen and oxygen atoms in total. The van der Waals surface area contributed by atoms with E-state index in [9.17, 15) is 9.59 Å². The largest absolute Gasteiger partial charge is 0.367 e. The molecule has 2 aromatic rings. The maximum Gasteiger partial charge on any atom is 0.254 e. The summed E-state index contributed by atoms with van der Waals surface area (Å²) < 4.78 is 2.79. The third-order valence-corrected chi connectivity index (χ3v) is 6.86. The smallest absolute Gasteiger partial charge is 0.254 e. The summed E-state index contributed by atoms with van der Waals surface area (Å²) in [5, 5.41) is 7.34. The van der Waals surface area contributed by atoms with Crippen LogP contribution in [0.15, 0.2) is 35.1 Å². The van der Waals surface area contributed by atoms with Gasteiger partial charge in [0.15, 0.2) is 0 Å². The summed E-state index contributed by atoms with van der Waals surface area (Å²) in [6.45, 7) is 2.42. The SMILES string of the molecule is Cn1cc(N2CCC(NC(=O)CN3CC4(CC4)c4cc(Br)ccc4C3=O)C2)cn1. The predicted molar refractivity (Wildman–Crippen MR) is 113 cm³/mol. The molecule has 1 unspecified atom stereocenters. The number of aryl methyl sites for hydroxylation is 1. The maximum absolute atomic E-state index is 13.0. The van der Waals surface area contributed by atoms with Crippen LogP contribution in [0.2, 0.25) is 0 Å². The Morgan fingerprint density at radius 3 is 2.93 bits per heavy atom. The van der Waals surface area contributed by atoms with E-state index in [0.717, 1.165) is 53.6 Å². The Morgan fingerprint density at radius 1 is 1.38 bits per heavy atom. The lowest BCUT2D eigenvalue weighted by molar-refractivity contribution is -0.122. The molecule has 2 fully saturated rings. The van der Waals surface area contributed by atoms with E-state index in [2.05, 4.69) is 37.3 Å². The Kier molecular flexibility index (Phi) is 4.42. The van der Waals surface area contributed by atoms with Gasteiger partial charge in [-0.2, -0.15) is 5.10 Å². The van der Waals surface area contributed by atoms with Crippen molar-refractivity contribution in [3.8, 4) is 0 Å². The van der Waals surface area contributed by atoms with Gasteiger partial charge in [-0.05, 0) is 43.0 Å². The highest BCUT2D eigenvalue weighted by atomic mass is 79.9. The van der Waals surface area contributed by atoms with Gasteiger partial charge in [-0.25, -0.2) is 0 Å². The summed E-state index contributed by atoms with van der Waals surface area (Å²) in [7, 11) is 1.90. The number of halogens is 1. The molecule has 3 aliphatic rings. The average Bonchev–Trinajstić information content (AvgIpc) is 3.07. The van der Waals surface area contributed by atoms with Crippen LogP contribution >= 0.6 is 15.9 Å². The highest BCUT2D eigenvalue weighted by molar-refractivity contribution is 9.10. The van der Waals surface area contributed by atoms with Gasteiger partial charge in [-0.1, -0.05) is 15.9 Å². The number of carbonyl (C=O) groups is 2. The first-order chi connectivity index (χ1) is 13.9. The standard InChI is InChI=1S/C21H24BrN5O2/c1-25-11-16(9-23-25)26-7-4-15(10-26)24-19(28)12-27-13-21(5-6-21)18-8-14(22)2-3-17(18)20(27)29/h2-3,8-9,11,15H,4-7,10,12-13H2,1H3,(H,24,28). The van der Waals surface area contributed by atoms with Crippen LogP contribution in [0.3, 0.4) is 0 Å². The van der Waals surface area contributed by atoms with Crippen molar-refractivity contribution in [1.82, 2.24) is 20.0 Å². The van der Waals surface area contributed by atoms with Crippen molar-refractivity contribution in [1.29, 1.82) is 0 Å². The second-order valence-corrected chi connectivity index (χ2v) is 9.42. The van der Waals surface area contributed by atoms with E-state index in [-0.39, 0.29) is 29.8 Å². The minimum absolute atomic E-state index is 0.0383. The number of nitrogens with zero attached hydrogens (tertiary/aromatic N) is 4. The summed E-state index contributed by atoms with van der Waals surface area (Å²) in [5.74, 6) is -0.115. The molecule has 29 heavy (non-hydrogen) atoms. The summed E-state index contributed by atoms with van der Waals surface area (Å²) in [6.07, 6.45) is 6.88. The van der Waals surface area contributed by atoms with Gasteiger partial charge < -0.3 is 15.1 Å². The number of hydrogen-bond acceptors (Lipinski definition) is 4. The van der Waals surface area contributed by atoms with Crippen LogP contribution in [-0.2, 0) is 17.3 Å². The number of amides is 2.